The zero-order valence-corrected chi connectivity index (χ0v) is 46.6. The minimum absolute atomic E-state index is 0. The third-order valence-corrected chi connectivity index (χ3v) is 9.79. The summed E-state index contributed by atoms with van der Waals surface area (Å²) in [4.78, 5) is 28.4. The Hall–Kier alpha value is 1.55. The summed E-state index contributed by atoms with van der Waals surface area (Å²) >= 11 is 0. The summed E-state index contributed by atoms with van der Waals surface area (Å²) in [7, 11) is 1.90. The number of nitrogens with zero attached hydrogens (tertiary/aromatic N) is 5. The van der Waals surface area contributed by atoms with Crippen LogP contribution in [0.5, 0.6) is 23.0 Å². The molecule has 252 valence electrons. The molecule has 2 bridgehead atoms. The maximum absolute atomic E-state index is 12.9. The summed E-state index contributed by atoms with van der Waals surface area (Å²) in [6, 6.07) is -0.0496. The Morgan fingerprint density at radius 1 is 1.02 bits per heavy atom. The molecule has 0 spiro atoms. The van der Waals surface area contributed by atoms with Gasteiger partial charge >= 0.3 is 6.18 Å². The number of benzene rings is 2. The quantitative estimate of drug-likeness (QED) is 0.458. The zero-order valence-electron chi connectivity index (χ0n) is 27.6. The standard InChI is InChI=1S/C31H34F3N5O6.4Ac/c1-12-6-16-7-18-20(9-35)39-19(24(38(18)5)22(16)26(41)13(12)2)8-17-23(28-27(44-11-45-28)14(3)25(17)40)21(39)10-36-29(42)15(4)37-30(43)31(32,33)34;;;;/h6,15,18-21,24H,7-8,10-11H2,1-5H3,(H4,36,37,40,41,42,43);;;;/p-2/t15-,18+,19?,20+,21+,24+;;;;/m1..../s1. The SMILES string of the molecule is Cc1cc2c(c(O)c1C)[C@@H]1C3Cc4c(O)c(C)c5c(c4[C@H](C[N-]C(=O)[C@@H](C)[N-]C(=O)C(F)(F)F)N3[C@@H](C#N)[C@H](C2)N1C)OCO5.[Ac].[Ac].[Ac].[Ac]. The van der Waals surface area contributed by atoms with E-state index in [4.69, 9.17) is 9.47 Å². The first-order valence-corrected chi connectivity index (χ1v) is 14.5. The van der Waals surface area contributed by atoms with Gasteiger partial charge in [-0.1, -0.05) is 19.0 Å². The van der Waals surface area contributed by atoms with Crippen molar-refractivity contribution in [3.63, 3.8) is 0 Å². The smallest absolute Gasteiger partial charge is 0.432 e. The van der Waals surface area contributed by atoms with Crippen LogP contribution in [-0.2, 0) is 22.4 Å². The minimum atomic E-state index is -5.23. The first kappa shape index (κ1) is 46.7. The number of aromatic hydroxyl groups is 2. The van der Waals surface area contributed by atoms with E-state index in [0.717, 1.165) is 29.2 Å². The molecule has 4 radical (unpaired) electrons. The van der Waals surface area contributed by atoms with E-state index >= 15 is 0 Å². The fourth-order valence-corrected chi connectivity index (χ4v) is 7.50. The number of amides is 2. The van der Waals surface area contributed by atoms with Gasteiger partial charge in [-0.05, 0) is 57.4 Å². The van der Waals surface area contributed by atoms with E-state index in [1.165, 1.54) is 0 Å². The van der Waals surface area contributed by atoms with Crippen LogP contribution in [0.25, 0.3) is 10.6 Å². The number of halogens is 3. The number of carbonyl (C=O) groups excluding carboxylic acids is 2. The number of phenols is 2. The van der Waals surface area contributed by atoms with Gasteiger partial charge in [0.05, 0.1) is 12.1 Å². The average Bonchev–Trinajstić information content (AvgIpc) is 3.47. The van der Waals surface area contributed by atoms with Crippen molar-refractivity contribution >= 4 is 11.8 Å². The Kier molecular flexibility index (Phi) is 17.2. The van der Waals surface area contributed by atoms with Gasteiger partial charge in [0.2, 0.25) is 6.79 Å². The molecule has 1 saturated heterocycles. The van der Waals surface area contributed by atoms with Gasteiger partial charge in [0.25, 0.3) is 0 Å². The maximum atomic E-state index is 12.9. The number of fused-ring (bicyclic) bond motifs is 9. The number of hydrogen-bond donors (Lipinski definition) is 2. The Bertz CT molecular complexity index is 1680. The summed E-state index contributed by atoms with van der Waals surface area (Å²) in [5, 5.41) is 40.6. The van der Waals surface area contributed by atoms with Crippen molar-refractivity contribution in [2.45, 2.75) is 83.0 Å². The number of hydrogen-bond acceptors (Lipinski definition) is 9. The molecule has 2 aromatic rings. The molecule has 1 fully saturated rings. The summed E-state index contributed by atoms with van der Waals surface area (Å²) in [6.07, 6.45) is -4.52. The van der Waals surface area contributed by atoms with Crippen molar-refractivity contribution in [2.24, 2.45) is 0 Å². The summed E-state index contributed by atoms with van der Waals surface area (Å²) in [6.45, 7) is 6.05. The normalized spacial score (nSPS) is 23.7. The monoisotopic (exact) mass is 1540 g/mol. The van der Waals surface area contributed by atoms with Crippen LogP contribution >= 0.6 is 0 Å². The van der Waals surface area contributed by atoms with Crippen molar-refractivity contribution in [1.82, 2.24) is 9.80 Å². The molecule has 6 atom stereocenters. The van der Waals surface area contributed by atoms with Crippen molar-refractivity contribution in [1.29, 1.82) is 5.26 Å². The first-order valence-electron chi connectivity index (χ1n) is 14.5. The summed E-state index contributed by atoms with van der Waals surface area (Å²) in [5.41, 5.74) is 4.76. The molecule has 18 heteroatoms. The third kappa shape index (κ3) is 8.25. The van der Waals surface area contributed by atoms with E-state index in [-0.39, 0.29) is 214 Å². The molecule has 2 N–H and O–H groups in total. The Labute approximate surface area is 425 Å². The van der Waals surface area contributed by atoms with Gasteiger partial charge in [0, 0.05) is 223 Å². The number of alkyl halides is 3. The van der Waals surface area contributed by atoms with Gasteiger partial charge in [-0.3, -0.25) is 9.80 Å². The first-order chi connectivity index (χ1) is 21.2. The maximum Gasteiger partial charge on any atom is 0.432 e. The molecule has 0 aromatic heterocycles. The Balaban J connectivity index is 0.00000208. The average molecular weight is 1540 g/mol. The molecule has 4 aliphatic rings. The number of ether oxygens (including phenoxy) is 2. The summed E-state index contributed by atoms with van der Waals surface area (Å²) in [5.74, 6) is -2.65. The van der Waals surface area contributed by atoms with Crippen LogP contribution in [0.4, 0.5) is 13.2 Å². The van der Waals surface area contributed by atoms with Crippen molar-refractivity contribution in [3.05, 3.63) is 55.6 Å². The molecule has 6 rings (SSSR count). The van der Waals surface area contributed by atoms with Crippen LogP contribution in [0, 0.1) is 208 Å². The number of carbonyl (C=O) groups is 2. The van der Waals surface area contributed by atoms with E-state index < -0.39 is 48.2 Å². The van der Waals surface area contributed by atoms with Crippen LogP contribution in [0.15, 0.2) is 6.07 Å². The van der Waals surface area contributed by atoms with Gasteiger partial charge in [0.15, 0.2) is 17.4 Å². The molecule has 0 saturated carbocycles. The molecule has 49 heavy (non-hydrogen) atoms. The summed E-state index contributed by atoms with van der Waals surface area (Å²) < 4.78 is 50.0. The van der Waals surface area contributed by atoms with Crippen molar-refractivity contribution < 1.29 is 219 Å². The number of piperazine rings is 1. The fraction of sp³-hybridized carbons (Fsp3) is 0.516. The third-order valence-electron chi connectivity index (χ3n) is 9.79. The zero-order chi connectivity index (χ0) is 32.7. The molecular weight excluding hydrogens is 1500 g/mol. The van der Waals surface area contributed by atoms with E-state index in [0.29, 0.717) is 34.6 Å². The van der Waals surface area contributed by atoms with Crippen molar-refractivity contribution in [3.8, 4) is 29.1 Å². The predicted octanol–water partition coefficient (Wildman–Crippen LogP) is 4.27. The van der Waals surface area contributed by atoms with Gasteiger partial charge in [-0.25, -0.2) is 0 Å². The van der Waals surface area contributed by atoms with Crippen LogP contribution in [-0.4, -0.2) is 82.6 Å². The number of rotatable bonds is 4. The number of likely N-dealkylation sites (N-methyl/N-ethyl adjacent to an activating group) is 1. The molecule has 11 nitrogen and oxygen atoms in total. The topological polar surface area (TPSA) is 152 Å². The van der Waals surface area contributed by atoms with Gasteiger partial charge in [-0.2, -0.15) is 18.4 Å². The van der Waals surface area contributed by atoms with E-state index in [2.05, 4.69) is 21.6 Å². The second-order valence-corrected chi connectivity index (χ2v) is 12.1. The van der Waals surface area contributed by atoms with Gasteiger partial charge in [-0.15, -0.1) is 6.54 Å². The van der Waals surface area contributed by atoms with Crippen LogP contribution < -0.4 is 9.47 Å². The van der Waals surface area contributed by atoms with Crippen LogP contribution in [0.1, 0.15) is 58.0 Å². The van der Waals surface area contributed by atoms with E-state index in [1.807, 2.05) is 31.9 Å². The molecule has 1 unspecified atom stereocenters. The second kappa shape index (κ2) is 18.0. The van der Waals surface area contributed by atoms with Crippen LogP contribution in [0.2, 0.25) is 0 Å². The van der Waals surface area contributed by atoms with E-state index in [1.54, 1.807) is 6.92 Å². The number of aryl methyl sites for hydroxylation is 1. The Morgan fingerprint density at radius 2 is 1.65 bits per heavy atom. The molecule has 2 aromatic carbocycles. The predicted molar refractivity (Wildman–Crippen MR) is 153 cm³/mol. The van der Waals surface area contributed by atoms with E-state index in [9.17, 15) is 38.2 Å². The van der Waals surface area contributed by atoms with Crippen LogP contribution in [0.3, 0.4) is 0 Å². The molecular formula is C31H32Ac4F3N5O6-2. The fourth-order valence-electron chi connectivity index (χ4n) is 7.50. The Morgan fingerprint density at radius 3 is 2.27 bits per heavy atom. The minimum Gasteiger partial charge on any atom is -0.653 e. The number of phenolic OH excluding ortho intramolecular Hbond substituents is 2. The molecule has 4 aliphatic heterocycles. The number of nitriles is 1. The second-order valence-electron chi connectivity index (χ2n) is 12.1. The molecule has 0 aliphatic carbocycles. The van der Waals surface area contributed by atoms with Gasteiger partial charge in [0.1, 0.15) is 17.5 Å². The molecule has 4 heterocycles. The van der Waals surface area contributed by atoms with Gasteiger partial charge < -0.3 is 39.9 Å². The van der Waals surface area contributed by atoms with Crippen molar-refractivity contribution in [2.75, 3.05) is 20.4 Å². The largest absolute Gasteiger partial charge is 0.653 e. The molecule has 2 amide bonds.